The van der Waals surface area contributed by atoms with Gasteiger partial charge in [0.05, 0.1) is 6.61 Å². The van der Waals surface area contributed by atoms with E-state index in [1.807, 2.05) is 31.2 Å². The third kappa shape index (κ3) is 5.13. The van der Waals surface area contributed by atoms with Crippen LogP contribution in [-0.4, -0.2) is 6.61 Å². The van der Waals surface area contributed by atoms with Crippen LogP contribution in [0.3, 0.4) is 0 Å². The summed E-state index contributed by atoms with van der Waals surface area (Å²) in [6.45, 7) is 7.83. The first-order valence-corrected chi connectivity index (χ1v) is 9.56. The fourth-order valence-corrected chi connectivity index (χ4v) is 3.27. The van der Waals surface area contributed by atoms with Gasteiger partial charge in [-0.05, 0) is 53.6 Å². The largest absolute Gasteiger partial charge is 0.494 e. The molecule has 0 aromatic heterocycles. The molecular formula is C25H28O2. The predicted molar refractivity (Wildman–Crippen MR) is 112 cm³/mol. The van der Waals surface area contributed by atoms with Crippen molar-refractivity contribution >= 4 is 0 Å². The molecule has 0 fully saturated rings. The third-order valence-corrected chi connectivity index (χ3v) is 4.79. The molecule has 0 heterocycles. The van der Waals surface area contributed by atoms with Gasteiger partial charge in [-0.15, -0.1) is 0 Å². The summed E-state index contributed by atoms with van der Waals surface area (Å²) >= 11 is 0. The number of hydrogen-bond donors (Lipinski definition) is 0. The van der Waals surface area contributed by atoms with Gasteiger partial charge >= 0.3 is 0 Å². The molecule has 0 saturated carbocycles. The van der Waals surface area contributed by atoms with Crippen LogP contribution in [0.15, 0.2) is 78.9 Å². The number of hydrogen-bond acceptors (Lipinski definition) is 2. The molecule has 2 nitrogen and oxygen atoms in total. The van der Waals surface area contributed by atoms with Crippen molar-refractivity contribution in [2.24, 2.45) is 0 Å². The molecule has 140 valence electrons. The molecule has 3 aromatic carbocycles. The van der Waals surface area contributed by atoms with Crippen molar-refractivity contribution in [3.05, 3.63) is 95.6 Å². The van der Waals surface area contributed by atoms with Crippen LogP contribution < -0.4 is 9.47 Å². The second-order valence-electron chi connectivity index (χ2n) is 7.40. The smallest absolute Gasteiger partial charge is 0.123 e. The quantitative estimate of drug-likeness (QED) is 0.477. The molecule has 27 heavy (non-hydrogen) atoms. The van der Waals surface area contributed by atoms with E-state index in [0.717, 1.165) is 17.9 Å². The number of ether oxygens (including phenoxy) is 2. The zero-order valence-electron chi connectivity index (χ0n) is 16.4. The molecule has 3 aromatic rings. The Labute approximate surface area is 162 Å². The van der Waals surface area contributed by atoms with Gasteiger partial charge in [0.1, 0.15) is 18.1 Å². The van der Waals surface area contributed by atoms with Crippen molar-refractivity contribution in [1.29, 1.82) is 0 Å². The van der Waals surface area contributed by atoms with Crippen LogP contribution in [0.4, 0.5) is 0 Å². The maximum Gasteiger partial charge on any atom is 0.123 e. The topological polar surface area (TPSA) is 18.5 Å². The van der Waals surface area contributed by atoms with Gasteiger partial charge in [0, 0.05) is 0 Å². The molecule has 0 bridgehead atoms. The lowest BCUT2D eigenvalue weighted by molar-refractivity contribution is 0.300. The van der Waals surface area contributed by atoms with E-state index >= 15 is 0 Å². The lowest BCUT2D eigenvalue weighted by atomic mass is 9.79. The monoisotopic (exact) mass is 360 g/mol. The van der Waals surface area contributed by atoms with E-state index in [2.05, 4.69) is 68.4 Å². The number of benzene rings is 3. The summed E-state index contributed by atoms with van der Waals surface area (Å²) in [5.74, 6) is 1.88. The average molecular weight is 360 g/mol. The number of para-hydroxylation sites is 1. The normalized spacial score (nSPS) is 11.2. The maximum absolute atomic E-state index is 6.14. The van der Waals surface area contributed by atoms with Gasteiger partial charge in [-0.25, -0.2) is 0 Å². The molecule has 3 rings (SSSR count). The zero-order valence-corrected chi connectivity index (χ0v) is 16.4. The highest BCUT2D eigenvalue weighted by Gasteiger charge is 2.23. The standard InChI is InChI=1S/C25H28O2/c1-4-26-23-16-14-22(15-17-23)25(2,3)18-21-12-8-9-13-24(21)27-19-20-10-6-5-7-11-20/h5-17H,4,18-19H2,1-3H3. The second-order valence-corrected chi connectivity index (χ2v) is 7.40. The van der Waals surface area contributed by atoms with Crippen molar-refractivity contribution in [1.82, 2.24) is 0 Å². The summed E-state index contributed by atoms with van der Waals surface area (Å²) in [6.07, 6.45) is 0.909. The third-order valence-electron chi connectivity index (χ3n) is 4.79. The highest BCUT2D eigenvalue weighted by atomic mass is 16.5. The Balaban J connectivity index is 1.74. The lowest BCUT2D eigenvalue weighted by Crippen LogP contribution is -2.21. The Morgan fingerprint density at radius 3 is 2.11 bits per heavy atom. The van der Waals surface area contributed by atoms with Crippen molar-refractivity contribution in [3.8, 4) is 11.5 Å². The van der Waals surface area contributed by atoms with E-state index in [0.29, 0.717) is 13.2 Å². The zero-order chi connectivity index (χ0) is 19.1. The van der Waals surface area contributed by atoms with Crippen LogP contribution in [0.1, 0.15) is 37.5 Å². The van der Waals surface area contributed by atoms with Gasteiger partial charge in [0.2, 0.25) is 0 Å². The Hall–Kier alpha value is -2.74. The second kappa shape index (κ2) is 8.77. The molecular weight excluding hydrogens is 332 g/mol. The Morgan fingerprint density at radius 2 is 1.41 bits per heavy atom. The summed E-state index contributed by atoms with van der Waals surface area (Å²) in [5, 5.41) is 0. The van der Waals surface area contributed by atoms with Crippen LogP contribution in [0.5, 0.6) is 11.5 Å². The molecule has 0 aliphatic heterocycles. The van der Waals surface area contributed by atoms with Crippen LogP contribution >= 0.6 is 0 Å². The average Bonchev–Trinajstić information content (AvgIpc) is 2.69. The van der Waals surface area contributed by atoms with Gasteiger partial charge in [-0.3, -0.25) is 0 Å². The van der Waals surface area contributed by atoms with Crippen molar-refractivity contribution in [2.75, 3.05) is 6.61 Å². The molecule has 0 spiro atoms. The summed E-state index contributed by atoms with van der Waals surface area (Å²) in [5.41, 5.74) is 3.70. The Kier molecular flexibility index (Phi) is 6.18. The molecule has 0 saturated heterocycles. The minimum absolute atomic E-state index is 0.00302. The van der Waals surface area contributed by atoms with Crippen LogP contribution in [0.2, 0.25) is 0 Å². The fourth-order valence-electron chi connectivity index (χ4n) is 3.27. The van der Waals surface area contributed by atoms with Gasteiger partial charge in [0.25, 0.3) is 0 Å². The van der Waals surface area contributed by atoms with E-state index < -0.39 is 0 Å². The highest BCUT2D eigenvalue weighted by Crippen LogP contribution is 2.32. The first kappa shape index (κ1) is 19.0. The molecule has 0 amide bonds. The van der Waals surface area contributed by atoms with Gasteiger partial charge in [-0.2, -0.15) is 0 Å². The molecule has 0 N–H and O–H groups in total. The Bertz CT molecular complexity index is 836. The summed E-state index contributed by atoms with van der Waals surface area (Å²) < 4.78 is 11.7. The van der Waals surface area contributed by atoms with Crippen LogP contribution in [0.25, 0.3) is 0 Å². The number of rotatable bonds is 8. The molecule has 0 aliphatic carbocycles. The Morgan fingerprint density at radius 1 is 0.741 bits per heavy atom. The molecule has 0 aliphatic rings. The van der Waals surface area contributed by atoms with E-state index in [9.17, 15) is 0 Å². The first-order chi connectivity index (χ1) is 13.1. The van der Waals surface area contributed by atoms with Gasteiger partial charge in [-0.1, -0.05) is 74.5 Å². The molecule has 0 unspecified atom stereocenters. The van der Waals surface area contributed by atoms with Gasteiger partial charge < -0.3 is 9.47 Å². The minimum atomic E-state index is -0.00302. The highest BCUT2D eigenvalue weighted by molar-refractivity contribution is 5.38. The SMILES string of the molecule is CCOc1ccc(C(C)(C)Cc2ccccc2OCc2ccccc2)cc1. The van der Waals surface area contributed by atoms with Gasteiger partial charge in [0.15, 0.2) is 0 Å². The lowest BCUT2D eigenvalue weighted by Gasteiger charge is -2.27. The van der Waals surface area contributed by atoms with Crippen molar-refractivity contribution < 1.29 is 9.47 Å². The van der Waals surface area contributed by atoms with E-state index in [4.69, 9.17) is 9.47 Å². The maximum atomic E-state index is 6.14. The molecule has 0 atom stereocenters. The summed E-state index contributed by atoms with van der Waals surface area (Å²) in [6, 6.07) is 27.1. The van der Waals surface area contributed by atoms with Crippen molar-refractivity contribution in [3.63, 3.8) is 0 Å². The van der Waals surface area contributed by atoms with E-state index in [1.54, 1.807) is 0 Å². The van der Waals surface area contributed by atoms with Crippen LogP contribution in [0, 0.1) is 0 Å². The van der Waals surface area contributed by atoms with Crippen LogP contribution in [-0.2, 0) is 18.4 Å². The molecule has 0 radical (unpaired) electrons. The molecule has 2 heteroatoms. The minimum Gasteiger partial charge on any atom is -0.494 e. The first-order valence-electron chi connectivity index (χ1n) is 9.56. The van der Waals surface area contributed by atoms with Crippen molar-refractivity contribution in [2.45, 2.75) is 39.2 Å². The summed E-state index contributed by atoms with van der Waals surface area (Å²) in [4.78, 5) is 0. The summed E-state index contributed by atoms with van der Waals surface area (Å²) in [7, 11) is 0. The van der Waals surface area contributed by atoms with E-state index in [1.165, 1.54) is 16.7 Å². The fraction of sp³-hybridized carbons (Fsp3) is 0.280. The van der Waals surface area contributed by atoms with E-state index in [-0.39, 0.29) is 5.41 Å². The predicted octanol–water partition coefficient (Wildman–Crippen LogP) is 6.18.